The average Bonchev–Trinajstić information content (AvgIpc) is 2.64. The maximum absolute atomic E-state index is 13.7. The molecule has 7 nitrogen and oxygen atoms in total. The molecule has 1 aromatic rings. The Morgan fingerprint density at radius 1 is 1.38 bits per heavy atom. The predicted octanol–water partition coefficient (Wildman–Crippen LogP) is 2.60. The Bertz CT molecular complexity index is 944. The van der Waals surface area contributed by atoms with E-state index in [1.807, 2.05) is 0 Å². The number of hydrogen-bond acceptors (Lipinski definition) is 5. The zero-order chi connectivity index (χ0) is 22.0. The van der Waals surface area contributed by atoms with Crippen LogP contribution < -0.4 is 5.32 Å². The molecule has 0 saturated carbocycles. The average molecular weight is 437 g/mol. The molecular weight excluding hydrogens is 418 g/mol. The van der Waals surface area contributed by atoms with Crippen LogP contribution in [0.5, 0.6) is 0 Å². The third kappa shape index (κ3) is 5.12. The summed E-state index contributed by atoms with van der Waals surface area (Å²) >= 11 is 0. The Hall–Kier alpha value is -2.47. The van der Waals surface area contributed by atoms with Crippen molar-refractivity contribution in [2.75, 3.05) is 13.6 Å². The molecular formula is C17H19F4N3O4S. The summed E-state index contributed by atoms with van der Waals surface area (Å²) in [7, 11) is -3.40. The van der Waals surface area contributed by atoms with E-state index in [2.05, 4.69) is 5.32 Å². The van der Waals surface area contributed by atoms with Gasteiger partial charge < -0.3 is 15.8 Å². The van der Waals surface area contributed by atoms with Crippen molar-refractivity contribution < 1.29 is 35.9 Å². The predicted molar refractivity (Wildman–Crippen MR) is 95.4 cm³/mol. The number of sulfonamides is 1. The first kappa shape index (κ1) is 22.8. The lowest BCUT2D eigenvalue weighted by Gasteiger charge is -2.33. The van der Waals surface area contributed by atoms with Crippen LogP contribution in [0.1, 0.15) is 24.8 Å². The minimum Gasteiger partial charge on any atom is -0.480 e. The van der Waals surface area contributed by atoms with E-state index < -0.39 is 51.0 Å². The van der Waals surface area contributed by atoms with Gasteiger partial charge in [-0.1, -0.05) is 0 Å². The molecule has 0 amide bonds. The molecule has 29 heavy (non-hydrogen) atoms. The molecule has 0 spiro atoms. The highest BCUT2D eigenvalue weighted by atomic mass is 32.2. The fourth-order valence-electron chi connectivity index (χ4n) is 3.12. The van der Waals surface area contributed by atoms with Crippen LogP contribution in [0.2, 0.25) is 0 Å². The number of rotatable bonds is 7. The molecule has 0 radical (unpaired) electrons. The van der Waals surface area contributed by atoms with Crippen molar-refractivity contribution in [2.45, 2.75) is 36.4 Å². The Morgan fingerprint density at radius 2 is 2.03 bits per heavy atom. The summed E-state index contributed by atoms with van der Waals surface area (Å²) in [4.78, 5) is 9.91. The lowest BCUT2D eigenvalue weighted by Crippen LogP contribution is -2.42. The number of likely N-dealkylation sites (N-methyl/N-ethyl adjacent to an activating group) is 1. The second-order valence-electron chi connectivity index (χ2n) is 6.43. The Morgan fingerprint density at radius 3 is 2.59 bits per heavy atom. The smallest absolute Gasteiger partial charge is 0.416 e. The molecule has 0 aliphatic heterocycles. The summed E-state index contributed by atoms with van der Waals surface area (Å²) in [5.41, 5.74) is -0.855. The third-order valence-corrected chi connectivity index (χ3v) is 6.38. The van der Waals surface area contributed by atoms with E-state index in [-0.39, 0.29) is 18.1 Å². The Balaban J connectivity index is 2.45. The van der Waals surface area contributed by atoms with Gasteiger partial charge in [0.15, 0.2) is 0 Å². The fraction of sp³-hybridized carbons (Fsp3) is 0.412. The van der Waals surface area contributed by atoms with Crippen LogP contribution in [0.3, 0.4) is 0 Å². The summed E-state index contributed by atoms with van der Waals surface area (Å²) in [5, 5.41) is 19.0. The third-order valence-electron chi connectivity index (χ3n) is 4.53. The fourth-order valence-corrected chi connectivity index (χ4v) is 4.54. The van der Waals surface area contributed by atoms with E-state index in [1.54, 1.807) is 0 Å². The highest BCUT2D eigenvalue weighted by molar-refractivity contribution is 7.89. The summed E-state index contributed by atoms with van der Waals surface area (Å²) < 4.78 is 79.0. The van der Waals surface area contributed by atoms with Crippen LogP contribution >= 0.6 is 0 Å². The number of nitrogens with zero attached hydrogens (tertiary/aromatic N) is 1. The van der Waals surface area contributed by atoms with Gasteiger partial charge in [0, 0.05) is 24.5 Å². The number of carboxylic acid groups (broad SMARTS) is 1. The molecule has 160 valence electrons. The Kier molecular flexibility index (Phi) is 6.68. The van der Waals surface area contributed by atoms with Gasteiger partial charge in [-0.25, -0.2) is 12.8 Å². The van der Waals surface area contributed by atoms with Gasteiger partial charge in [-0.2, -0.15) is 17.5 Å². The summed E-state index contributed by atoms with van der Waals surface area (Å²) in [6.45, 7) is -0.436. The number of carboxylic acids is 1. The van der Waals surface area contributed by atoms with Gasteiger partial charge in [0.2, 0.25) is 10.0 Å². The summed E-state index contributed by atoms with van der Waals surface area (Å²) in [6.07, 6.45) is -2.93. The number of benzene rings is 1. The van der Waals surface area contributed by atoms with Crippen LogP contribution in [-0.4, -0.2) is 49.6 Å². The quantitative estimate of drug-likeness (QED) is 0.449. The molecule has 0 fully saturated rings. The molecule has 0 heterocycles. The number of allylic oxidation sites excluding steroid dienone is 1. The second kappa shape index (κ2) is 8.49. The largest absolute Gasteiger partial charge is 0.480 e. The van der Waals surface area contributed by atoms with E-state index in [1.165, 1.54) is 0 Å². The summed E-state index contributed by atoms with van der Waals surface area (Å²) in [5.74, 6) is -2.49. The first-order valence-electron chi connectivity index (χ1n) is 8.43. The number of aliphatic carboxylic acids is 1. The monoisotopic (exact) mass is 437 g/mol. The number of carbonyl (C=O) groups is 1. The van der Waals surface area contributed by atoms with Gasteiger partial charge in [-0.3, -0.25) is 4.79 Å². The van der Waals surface area contributed by atoms with Crippen molar-refractivity contribution in [3.8, 4) is 0 Å². The van der Waals surface area contributed by atoms with Crippen LogP contribution in [-0.2, 0) is 21.0 Å². The van der Waals surface area contributed by atoms with Crippen molar-refractivity contribution in [2.24, 2.45) is 0 Å². The molecule has 0 unspecified atom stereocenters. The lowest BCUT2D eigenvalue weighted by atomic mass is 9.92. The minimum absolute atomic E-state index is 0.205. The summed E-state index contributed by atoms with van der Waals surface area (Å²) in [6, 6.07) is 0.146. The van der Waals surface area contributed by atoms with Crippen molar-refractivity contribution >= 4 is 22.2 Å². The van der Waals surface area contributed by atoms with E-state index in [4.69, 9.17) is 10.5 Å². The zero-order valence-corrected chi connectivity index (χ0v) is 16.1. The first-order chi connectivity index (χ1) is 13.4. The van der Waals surface area contributed by atoms with E-state index in [9.17, 15) is 30.8 Å². The molecule has 0 aromatic heterocycles. The minimum atomic E-state index is -4.93. The molecule has 1 aromatic carbocycles. The molecule has 0 saturated heterocycles. The van der Waals surface area contributed by atoms with Gasteiger partial charge >= 0.3 is 12.1 Å². The van der Waals surface area contributed by atoms with Crippen molar-refractivity contribution in [1.82, 2.24) is 9.62 Å². The topological polar surface area (TPSA) is 111 Å². The highest BCUT2D eigenvalue weighted by Gasteiger charge is 2.36. The maximum atomic E-state index is 13.7. The van der Waals surface area contributed by atoms with Gasteiger partial charge in [0.1, 0.15) is 12.4 Å². The molecule has 3 N–H and O–H groups in total. The Labute approximate surface area is 164 Å². The lowest BCUT2D eigenvalue weighted by molar-refractivity contribution is -0.138. The van der Waals surface area contributed by atoms with Crippen molar-refractivity contribution in [3.63, 3.8) is 0 Å². The van der Waals surface area contributed by atoms with Gasteiger partial charge in [-0.15, -0.1) is 0 Å². The first-order valence-corrected chi connectivity index (χ1v) is 9.87. The number of alkyl halides is 3. The normalized spacial score (nSPS) is 18.1. The maximum Gasteiger partial charge on any atom is 0.416 e. The van der Waals surface area contributed by atoms with E-state index >= 15 is 0 Å². The molecule has 1 aliphatic carbocycles. The highest BCUT2D eigenvalue weighted by Crippen LogP contribution is 2.34. The SMILES string of the molecule is CN([C@@H]1CCCC(NCC(=O)O)=C1C=N)S(=O)(=O)c1cc(F)cc(C(F)(F)F)c1. The molecule has 12 heteroatoms. The second-order valence-corrected chi connectivity index (χ2v) is 8.43. The van der Waals surface area contributed by atoms with Crippen LogP contribution in [0, 0.1) is 11.2 Å². The number of nitrogens with one attached hydrogen (secondary N) is 2. The van der Waals surface area contributed by atoms with Gasteiger partial charge in [0.25, 0.3) is 0 Å². The van der Waals surface area contributed by atoms with Crippen molar-refractivity contribution in [1.29, 1.82) is 5.41 Å². The van der Waals surface area contributed by atoms with Crippen LogP contribution in [0.4, 0.5) is 17.6 Å². The van der Waals surface area contributed by atoms with E-state index in [0.29, 0.717) is 30.7 Å². The number of hydrogen-bond donors (Lipinski definition) is 3. The van der Waals surface area contributed by atoms with Gasteiger partial charge in [-0.05, 0) is 37.5 Å². The molecule has 2 rings (SSSR count). The van der Waals surface area contributed by atoms with Crippen LogP contribution in [0.25, 0.3) is 0 Å². The number of halogens is 4. The van der Waals surface area contributed by atoms with Crippen LogP contribution in [0.15, 0.2) is 34.4 Å². The van der Waals surface area contributed by atoms with Crippen molar-refractivity contribution in [3.05, 3.63) is 40.8 Å². The van der Waals surface area contributed by atoms with E-state index in [0.717, 1.165) is 17.6 Å². The van der Waals surface area contributed by atoms with Gasteiger partial charge in [0.05, 0.1) is 16.5 Å². The molecule has 0 bridgehead atoms. The zero-order valence-electron chi connectivity index (χ0n) is 15.3. The molecule has 1 atom stereocenters. The molecule has 1 aliphatic rings. The standard InChI is InChI=1S/C17H19F4N3O4S/c1-24(15-4-2-3-14(13(15)8-22)23-9-16(25)26)29(27,28)12-6-10(17(19,20)21)5-11(18)7-12/h5-8,15,22-23H,2-4,9H2,1H3,(H,25,26)/t15-/m1/s1.